The Kier molecular flexibility index (Phi) is 4.57. The van der Waals surface area contributed by atoms with Gasteiger partial charge in [-0.1, -0.05) is 48.5 Å². The number of amides is 1. The molecule has 1 aromatic heterocycles. The highest BCUT2D eigenvalue weighted by atomic mass is 16.2. The third kappa shape index (κ3) is 3.27. The van der Waals surface area contributed by atoms with E-state index in [2.05, 4.69) is 17.2 Å². The van der Waals surface area contributed by atoms with E-state index in [-0.39, 0.29) is 5.91 Å². The molecule has 1 saturated carbocycles. The fourth-order valence-corrected chi connectivity index (χ4v) is 3.35. The van der Waals surface area contributed by atoms with Crippen molar-refractivity contribution in [2.45, 2.75) is 32.2 Å². The zero-order chi connectivity index (χ0) is 17.9. The summed E-state index contributed by atoms with van der Waals surface area (Å²) in [6, 6.07) is 20.2. The molecule has 132 valence electrons. The molecule has 0 saturated heterocycles. The number of hydrogen-bond donors (Lipinski definition) is 0. The monoisotopic (exact) mass is 345 g/mol. The molecule has 0 atom stereocenters. The molecule has 0 spiro atoms. The van der Waals surface area contributed by atoms with Crippen molar-refractivity contribution >= 4 is 5.91 Å². The van der Waals surface area contributed by atoms with Gasteiger partial charge in [-0.25, -0.2) is 4.68 Å². The zero-order valence-electron chi connectivity index (χ0n) is 15.0. The summed E-state index contributed by atoms with van der Waals surface area (Å²) in [5.41, 5.74) is 3.97. The normalized spacial score (nSPS) is 13.6. The van der Waals surface area contributed by atoms with Crippen molar-refractivity contribution < 1.29 is 4.79 Å². The van der Waals surface area contributed by atoms with Gasteiger partial charge in [0.25, 0.3) is 5.91 Å². The quantitative estimate of drug-likeness (QED) is 0.663. The summed E-state index contributed by atoms with van der Waals surface area (Å²) in [4.78, 5) is 15.1. The minimum Gasteiger partial charge on any atom is -0.334 e. The summed E-state index contributed by atoms with van der Waals surface area (Å²) in [5.74, 6) is 0.507. The van der Waals surface area contributed by atoms with E-state index in [9.17, 15) is 4.79 Å². The van der Waals surface area contributed by atoms with Crippen molar-refractivity contribution in [3.05, 3.63) is 83.7 Å². The Hall–Kier alpha value is -2.88. The molecular formula is C22H23N3O. The predicted octanol–water partition coefficient (Wildman–Crippen LogP) is 4.41. The number of hydrogen-bond acceptors (Lipinski definition) is 2. The van der Waals surface area contributed by atoms with Gasteiger partial charge in [0.2, 0.25) is 0 Å². The third-order valence-corrected chi connectivity index (χ3v) is 4.89. The van der Waals surface area contributed by atoms with Gasteiger partial charge in [0.1, 0.15) is 0 Å². The molecule has 3 aromatic rings. The topological polar surface area (TPSA) is 38.1 Å². The highest BCUT2D eigenvalue weighted by Crippen LogP contribution is 2.42. The molecule has 2 aromatic carbocycles. The molecule has 0 radical (unpaired) electrons. The summed E-state index contributed by atoms with van der Waals surface area (Å²) in [5, 5.41) is 4.56. The van der Waals surface area contributed by atoms with Crippen LogP contribution in [0.1, 0.15) is 47.3 Å². The first-order valence-corrected chi connectivity index (χ1v) is 9.24. The van der Waals surface area contributed by atoms with Gasteiger partial charge in [-0.15, -0.1) is 0 Å². The lowest BCUT2D eigenvalue weighted by molar-refractivity contribution is 0.0751. The number of nitrogens with zero attached hydrogens (tertiary/aromatic N) is 3. The third-order valence-electron chi connectivity index (χ3n) is 4.89. The lowest BCUT2D eigenvalue weighted by atomic mass is 10.1. The Labute approximate surface area is 154 Å². The molecule has 4 heteroatoms. The van der Waals surface area contributed by atoms with Crippen LogP contribution < -0.4 is 0 Å². The summed E-state index contributed by atoms with van der Waals surface area (Å²) in [7, 11) is 0. The van der Waals surface area contributed by atoms with Crippen molar-refractivity contribution in [3.8, 4) is 5.69 Å². The average molecular weight is 345 g/mol. The van der Waals surface area contributed by atoms with Gasteiger partial charge in [-0.2, -0.15) is 5.10 Å². The Bertz CT molecular complexity index is 882. The maximum Gasteiger partial charge on any atom is 0.257 e. The molecule has 0 unspecified atom stereocenters. The Morgan fingerprint density at radius 1 is 1.08 bits per heavy atom. The maximum atomic E-state index is 13.3. The number of carbonyl (C=O) groups is 1. The number of aromatic nitrogens is 2. The second-order valence-corrected chi connectivity index (χ2v) is 6.77. The van der Waals surface area contributed by atoms with Crippen LogP contribution >= 0.6 is 0 Å². The molecule has 26 heavy (non-hydrogen) atoms. The highest BCUT2D eigenvalue weighted by Gasteiger charge is 2.34. The van der Waals surface area contributed by atoms with E-state index in [0.29, 0.717) is 19.0 Å². The van der Waals surface area contributed by atoms with Crippen molar-refractivity contribution in [1.82, 2.24) is 14.7 Å². The van der Waals surface area contributed by atoms with Crippen LogP contribution in [0.4, 0.5) is 0 Å². The van der Waals surface area contributed by atoms with Crippen LogP contribution in [0.25, 0.3) is 5.69 Å². The van der Waals surface area contributed by atoms with Crippen LogP contribution in [0.2, 0.25) is 0 Å². The molecule has 4 nitrogen and oxygen atoms in total. The van der Waals surface area contributed by atoms with E-state index < -0.39 is 0 Å². The van der Waals surface area contributed by atoms with Crippen molar-refractivity contribution in [3.63, 3.8) is 0 Å². The molecule has 1 amide bonds. The molecule has 1 heterocycles. The fraction of sp³-hybridized carbons (Fsp3) is 0.273. The average Bonchev–Trinajstić information content (AvgIpc) is 3.45. The SMILES string of the molecule is CCN(Cc1ccccc1)C(=O)c1cnn(-c2ccccc2)c1C1CC1. The summed E-state index contributed by atoms with van der Waals surface area (Å²) < 4.78 is 1.95. The first-order valence-electron chi connectivity index (χ1n) is 9.24. The highest BCUT2D eigenvalue weighted by molar-refractivity contribution is 5.95. The Morgan fingerprint density at radius 2 is 1.73 bits per heavy atom. The Balaban J connectivity index is 1.66. The van der Waals surface area contributed by atoms with Crippen LogP contribution in [0.5, 0.6) is 0 Å². The standard InChI is InChI=1S/C22H23N3O/c1-2-24(16-17-9-5-3-6-10-17)22(26)20-15-23-25(21(20)18-13-14-18)19-11-7-4-8-12-19/h3-12,15,18H,2,13-14,16H2,1H3. The lowest BCUT2D eigenvalue weighted by Gasteiger charge is -2.21. The molecule has 4 rings (SSSR count). The van der Waals surface area contributed by atoms with E-state index in [0.717, 1.165) is 35.3 Å². The van der Waals surface area contributed by atoms with Gasteiger partial charge in [-0.3, -0.25) is 4.79 Å². The zero-order valence-corrected chi connectivity index (χ0v) is 15.0. The fourth-order valence-electron chi connectivity index (χ4n) is 3.35. The molecule has 1 aliphatic rings. The number of para-hydroxylation sites is 1. The van der Waals surface area contributed by atoms with E-state index in [1.807, 2.05) is 65.0 Å². The Morgan fingerprint density at radius 3 is 2.35 bits per heavy atom. The van der Waals surface area contributed by atoms with Crippen molar-refractivity contribution in [2.24, 2.45) is 0 Å². The van der Waals surface area contributed by atoms with Gasteiger partial charge in [0, 0.05) is 19.0 Å². The van der Waals surface area contributed by atoms with Gasteiger partial charge in [0.05, 0.1) is 23.1 Å². The van der Waals surface area contributed by atoms with Gasteiger partial charge < -0.3 is 4.90 Å². The van der Waals surface area contributed by atoms with Crippen LogP contribution in [-0.4, -0.2) is 27.1 Å². The van der Waals surface area contributed by atoms with Crippen molar-refractivity contribution in [1.29, 1.82) is 0 Å². The molecule has 0 N–H and O–H groups in total. The van der Waals surface area contributed by atoms with Gasteiger partial charge in [-0.05, 0) is 37.5 Å². The summed E-state index contributed by atoms with van der Waals surface area (Å²) >= 11 is 0. The second-order valence-electron chi connectivity index (χ2n) is 6.77. The van der Waals surface area contributed by atoms with E-state index in [1.165, 1.54) is 0 Å². The number of benzene rings is 2. The van der Waals surface area contributed by atoms with E-state index in [1.54, 1.807) is 6.20 Å². The minimum atomic E-state index is 0.0698. The molecular weight excluding hydrogens is 322 g/mol. The number of carbonyl (C=O) groups excluding carboxylic acids is 1. The molecule has 1 aliphatic carbocycles. The first kappa shape index (κ1) is 16.6. The number of rotatable bonds is 6. The van der Waals surface area contributed by atoms with Crippen LogP contribution in [0.3, 0.4) is 0 Å². The maximum absolute atomic E-state index is 13.3. The van der Waals surface area contributed by atoms with Crippen molar-refractivity contribution in [2.75, 3.05) is 6.54 Å². The molecule has 0 aliphatic heterocycles. The van der Waals surface area contributed by atoms with Crippen LogP contribution in [0, 0.1) is 0 Å². The van der Waals surface area contributed by atoms with Crippen LogP contribution in [-0.2, 0) is 6.54 Å². The summed E-state index contributed by atoms with van der Waals surface area (Å²) in [6.45, 7) is 3.32. The second kappa shape index (κ2) is 7.16. The van der Waals surface area contributed by atoms with E-state index >= 15 is 0 Å². The first-order chi connectivity index (χ1) is 12.8. The lowest BCUT2D eigenvalue weighted by Crippen LogP contribution is -2.30. The van der Waals surface area contributed by atoms with Gasteiger partial charge in [0.15, 0.2) is 0 Å². The molecule has 0 bridgehead atoms. The largest absolute Gasteiger partial charge is 0.334 e. The summed E-state index contributed by atoms with van der Waals surface area (Å²) in [6.07, 6.45) is 4.00. The smallest absolute Gasteiger partial charge is 0.257 e. The molecule has 1 fully saturated rings. The van der Waals surface area contributed by atoms with Gasteiger partial charge >= 0.3 is 0 Å². The predicted molar refractivity (Wildman–Crippen MR) is 102 cm³/mol. The minimum absolute atomic E-state index is 0.0698. The van der Waals surface area contributed by atoms with Crippen LogP contribution in [0.15, 0.2) is 66.9 Å². The van der Waals surface area contributed by atoms with E-state index in [4.69, 9.17) is 0 Å².